The first-order valence-electron chi connectivity index (χ1n) is 7.28. The number of nitrogens with one attached hydrogen (secondary N) is 1. The largest absolute Gasteiger partial charge is 0.382 e. The highest BCUT2D eigenvalue weighted by atomic mass is 32.1. The number of nitrogens with two attached hydrogens (primary N) is 1. The van der Waals surface area contributed by atoms with E-state index in [0.29, 0.717) is 21.9 Å². The molecular formula is C14H24N4OS. The third kappa shape index (κ3) is 3.06. The van der Waals surface area contributed by atoms with Crippen LogP contribution in [0.25, 0.3) is 0 Å². The zero-order valence-electron chi connectivity index (χ0n) is 12.5. The summed E-state index contributed by atoms with van der Waals surface area (Å²) < 4.78 is 0. The van der Waals surface area contributed by atoms with E-state index in [4.69, 9.17) is 5.73 Å². The summed E-state index contributed by atoms with van der Waals surface area (Å²) in [5.74, 6) is 1.17. The highest BCUT2D eigenvalue weighted by Crippen LogP contribution is 2.31. The topological polar surface area (TPSA) is 71.2 Å². The summed E-state index contributed by atoms with van der Waals surface area (Å²) in [5.41, 5.74) is 5.84. The maximum atomic E-state index is 12.5. The van der Waals surface area contributed by atoms with Crippen LogP contribution >= 0.6 is 11.3 Å². The van der Waals surface area contributed by atoms with Crippen LogP contribution in [0.5, 0.6) is 0 Å². The molecule has 20 heavy (non-hydrogen) atoms. The van der Waals surface area contributed by atoms with E-state index >= 15 is 0 Å². The number of amides is 1. The Morgan fingerprint density at radius 2 is 2.10 bits per heavy atom. The van der Waals surface area contributed by atoms with Crippen molar-refractivity contribution in [3.05, 3.63) is 4.88 Å². The van der Waals surface area contributed by atoms with Gasteiger partial charge in [0.25, 0.3) is 5.91 Å². The van der Waals surface area contributed by atoms with Gasteiger partial charge in [0.2, 0.25) is 0 Å². The Morgan fingerprint density at radius 3 is 2.60 bits per heavy atom. The number of hydrogen-bond acceptors (Lipinski definition) is 5. The second-order valence-electron chi connectivity index (χ2n) is 5.48. The van der Waals surface area contributed by atoms with Gasteiger partial charge in [-0.25, -0.2) is 4.98 Å². The number of thiazole rings is 1. The van der Waals surface area contributed by atoms with Crippen LogP contribution in [-0.4, -0.2) is 35.9 Å². The Hall–Kier alpha value is -1.30. The molecule has 1 aromatic rings. The van der Waals surface area contributed by atoms with E-state index in [9.17, 15) is 4.79 Å². The molecule has 1 aliphatic carbocycles. The first-order chi connectivity index (χ1) is 9.56. The Labute approximate surface area is 124 Å². The van der Waals surface area contributed by atoms with Crippen LogP contribution in [0, 0.1) is 5.92 Å². The Balaban J connectivity index is 2.03. The van der Waals surface area contributed by atoms with Crippen molar-refractivity contribution in [1.82, 2.24) is 9.88 Å². The van der Waals surface area contributed by atoms with Gasteiger partial charge < -0.3 is 16.0 Å². The molecule has 112 valence electrons. The van der Waals surface area contributed by atoms with Gasteiger partial charge in [0.1, 0.15) is 10.7 Å². The molecule has 1 saturated carbocycles. The van der Waals surface area contributed by atoms with Gasteiger partial charge in [-0.05, 0) is 31.6 Å². The quantitative estimate of drug-likeness (QED) is 0.896. The number of nitrogen functional groups attached to an aromatic ring is 1. The van der Waals surface area contributed by atoms with Gasteiger partial charge in [0.05, 0.1) is 0 Å². The molecule has 2 rings (SSSR count). The van der Waals surface area contributed by atoms with Crippen molar-refractivity contribution >= 4 is 28.2 Å². The fourth-order valence-electron chi connectivity index (χ4n) is 2.86. The van der Waals surface area contributed by atoms with E-state index in [-0.39, 0.29) is 5.91 Å². The van der Waals surface area contributed by atoms with Gasteiger partial charge >= 0.3 is 0 Å². The molecular weight excluding hydrogens is 272 g/mol. The van der Waals surface area contributed by atoms with Crippen LogP contribution < -0.4 is 11.1 Å². The van der Waals surface area contributed by atoms with Crippen molar-refractivity contribution in [2.75, 3.05) is 25.1 Å². The maximum absolute atomic E-state index is 12.5. The monoisotopic (exact) mass is 296 g/mol. The van der Waals surface area contributed by atoms with E-state index in [1.165, 1.54) is 30.6 Å². The molecule has 1 aromatic heterocycles. The van der Waals surface area contributed by atoms with Crippen molar-refractivity contribution in [3.63, 3.8) is 0 Å². The third-order valence-corrected chi connectivity index (χ3v) is 5.40. The molecule has 0 bridgehead atoms. The van der Waals surface area contributed by atoms with Crippen molar-refractivity contribution in [2.24, 2.45) is 5.92 Å². The highest BCUT2D eigenvalue weighted by Gasteiger charge is 2.28. The predicted octanol–water partition coefficient (Wildman–Crippen LogP) is 2.81. The van der Waals surface area contributed by atoms with Crippen LogP contribution in [0.4, 0.5) is 10.9 Å². The van der Waals surface area contributed by atoms with E-state index in [1.807, 2.05) is 11.9 Å². The summed E-state index contributed by atoms with van der Waals surface area (Å²) in [5, 5.41) is 3.62. The molecule has 1 amide bonds. The zero-order valence-corrected chi connectivity index (χ0v) is 13.3. The lowest BCUT2D eigenvalue weighted by Crippen LogP contribution is -2.39. The van der Waals surface area contributed by atoms with Crippen LogP contribution in [-0.2, 0) is 0 Å². The average molecular weight is 296 g/mol. The standard InChI is InChI=1S/C14H24N4OS/c1-4-9-5-7-10(8-6-9)18(3)13(19)11-12(15)17-14(16-2)20-11/h9-10H,4-8,15H2,1-3H3,(H,16,17). The lowest BCUT2D eigenvalue weighted by molar-refractivity contribution is 0.0680. The molecule has 0 aliphatic heterocycles. The van der Waals surface area contributed by atoms with Crippen LogP contribution in [0.15, 0.2) is 0 Å². The second-order valence-corrected chi connectivity index (χ2v) is 6.48. The molecule has 0 aromatic carbocycles. The van der Waals surface area contributed by atoms with Crippen molar-refractivity contribution in [2.45, 2.75) is 45.1 Å². The Morgan fingerprint density at radius 1 is 1.45 bits per heavy atom. The molecule has 3 N–H and O–H groups in total. The first kappa shape index (κ1) is 15.1. The molecule has 1 aliphatic rings. The minimum atomic E-state index is 0.00134. The number of aromatic nitrogens is 1. The van der Waals surface area contributed by atoms with Gasteiger partial charge in [-0.15, -0.1) is 0 Å². The number of anilines is 2. The van der Waals surface area contributed by atoms with Crippen molar-refractivity contribution < 1.29 is 4.79 Å². The minimum Gasteiger partial charge on any atom is -0.382 e. The number of nitrogens with zero attached hydrogens (tertiary/aromatic N) is 2. The highest BCUT2D eigenvalue weighted by molar-refractivity contribution is 7.18. The maximum Gasteiger partial charge on any atom is 0.267 e. The van der Waals surface area contributed by atoms with Crippen molar-refractivity contribution in [3.8, 4) is 0 Å². The Bertz CT molecular complexity index is 466. The molecule has 0 saturated heterocycles. The fourth-order valence-corrected chi connectivity index (χ4v) is 3.68. The smallest absolute Gasteiger partial charge is 0.267 e. The lowest BCUT2D eigenvalue weighted by atomic mass is 9.84. The van der Waals surface area contributed by atoms with Gasteiger partial charge in [-0.3, -0.25) is 4.79 Å². The van der Waals surface area contributed by atoms with Gasteiger partial charge in [-0.2, -0.15) is 0 Å². The summed E-state index contributed by atoms with van der Waals surface area (Å²) in [6, 6.07) is 0.338. The summed E-state index contributed by atoms with van der Waals surface area (Å²) in [7, 11) is 3.67. The molecule has 6 heteroatoms. The van der Waals surface area contributed by atoms with E-state index in [0.717, 1.165) is 18.8 Å². The summed E-state index contributed by atoms with van der Waals surface area (Å²) >= 11 is 1.33. The number of carbonyl (C=O) groups excluding carboxylic acids is 1. The number of carbonyl (C=O) groups is 1. The molecule has 0 atom stereocenters. The first-order valence-corrected chi connectivity index (χ1v) is 8.09. The number of hydrogen-bond donors (Lipinski definition) is 2. The summed E-state index contributed by atoms with van der Waals surface area (Å²) in [6.07, 6.45) is 5.88. The Kier molecular flexibility index (Phi) is 4.86. The van der Waals surface area contributed by atoms with Crippen LogP contribution in [0.3, 0.4) is 0 Å². The summed E-state index contributed by atoms with van der Waals surface area (Å²) in [4.78, 5) is 19.1. The van der Waals surface area contributed by atoms with Gasteiger partial charge in [0.15, 0.2) is 5.13 Å². The minimum absolute atomic E-state index is 0.00134. The summed E-state index contributed by atoms with van der Waals surface area (Å²) in [6.45, 7) is 2.25. The molecule has 5 nitrogen and oxygen atoms in total. The fraction of sp³-hybridized carbons (Fsp3) is 0.714. The predicted molar refractivity (Wildman–Crippen MR) is 84.2 cm³/mol. The van der Waals surface area contributed by atoms with E-state index in [1.54, 1.807) is 7.05 Å². The average Bonchev–Trinajstić information content (AvgIpc) is 2.87. The van der Waals surface area contributed by atoms with E-state index in [2.05, 4.69) is 17.2 Å². The SMILES string of the molecule is CCC1CCC(N(C)C(=O)c2sc(NC)nc2N)CC1. The van der Waals surface area contributed by atoms with E-state index < -0.39 is 0 Å². The molecule has 1 fully saturated rings. The second kappa shape index (κ2) is 6.43. The molecule has 0 radical (unpaired) electrons. The van der Waals surface area contributed by atoms with Gasteiger partial charge in [0, 0.05) is 20.1 Å². The lowest BCUT2D eigenvalue weighted by Gasteiger charge is -2.34. The molecule has 1 heterocycles. The zero-order chi connectivity index (χ0) is 14.7. The van der Waals surface area contributed by atoms with Crippen LogP contribution in [0.1, 0.15) is 48.7 Å². The molecule has 0 spiro atoms. The van der Waals surface area contributed by atoms with Crippen LogP contribution in [0.2, 0.25) is 0 Å². The van der Waals surface area contributed by atoms with Crippen molar-refractivity contribution in [1.29, 1.82) is 0 Å². The molecule has 0 unspecified atom stereocenters. The third-order valence-electron chi connectivity index (χ3n) is 4.32. The normalized spacial score (nSPS) is 22.6. The van der Waals surface area contributed by atoms with Gasteiger partial charge in [-0.1, -0.05) is 24.7 Å². The number of rotatable bonds is 4.